The largest absolute Gasteiger partial charge is 0.493 e. The van der Waals surface area contributed by atoms with Gasteiger partial charge in [0.2, 0.25) is 0 Å². The van der Waals surface area contributed by atoms with Crippen LogP contribution in [0.25, 0.3) is 0 Å². The van der Waals surface area contributed by atoms with Crippen LogP contribution in [0.5, 0.6) is 17.2 Å². The van der Waals surface area contributed by atoms with E-state index in [1.165, 1.54) is 0 Å². The SMILES string of the molecule is CCN(Cc1ccc(OC)c(OC)c1)C(=O)[C@@H]1Cc2ccccc2O1. The van der Waals surface area contributed by atoms with Gasteiger partial charge in [0, 0.05) is 19.5 Å². The summed E-state index contributed by atoms with van der Waals surface area (Å²) < 4.78 is 16.4. The maximum Gasteiger partial charge on any atom is 0.264 e. The standard InChI is InChI=1S/C20H23NO4/c1-4-21(13-14-9-10-17(23-2)18(11-14)24-3)20(22)19-12-15-7-5-6-8-16(15)25-19/h5-11,19H,4,12-13H2,1-3H3/t19-/m0/s1. The first-order valence-corrected chi connectivity index (χ1v) is 8.40. The molecule has 0 bridgehead atoms. The molecule has 0 radical (unpaired) electrons. The van der Waals surface area contributed by atoms with Gasteiger partial charge in [-0.15, -0.1) is 0 Å². The minimum absolute atomic E-state index is 0.00786. The summed E-state index contributed by atoms with van der Waals surface area (Å²) >= 11 is 0. The average molecular weight is 341 g/mol. The first-order chi connectivity index (χ1) is 12.2. The van der Waals surface area contributed by atoms with Gasteiger partial charge in [-0.05, 0) is 36.2 Å². The molecule has 0 fully saturated rings. The van der Waals surface area contributed by atoms with Crippen molar-refractivity contribution in [3.05, 3.63) is 53.6 Å². The average Bonchev–Trinajstić information content (AvgIpc) is 3.09. The van der Waals surface area contributed by atoms with Crippen LogP contribution in [0.15, 0.2) is 42.5 Å². The summed E-state index contributed by atoms with van der Waals surface area (Å²) in [7, 11) is 3.21. The van der Waals surface area contributed by atoms with Crippen molar-refractivity contribution in [3.8, 4) is 17.2 Å². The Hall–Kier alpha value is -2.69. The van der Waals surface area contributed by atoms with Crippen LogP contribution < -0.4 is 14.2 Å². The Morgan fingerprint density at radius 3 is 2.60 bits per heavy atom. The molecule has 0 aliphatic carbocycles. The van der Waals surface area contributed by atoms with Gasteiger partial charge in [-0.1, -0.05) is 24.3 Å². The fraction of sp³-hybridized carbons (Fsp3) is 0.350. The molecule has 1 heterocycles. The summed E-state index contributed by atoms with van der Waals surface area (Å²) in [6, 6.07) is 13.5. The van der Waals surface area contributed by atoms with Gasteiger partial charge in [-0.25, -0.2) is 0 Å². The molecule has 132 valence electrons. The number of hydrogen-bond donors (Lipinski definition) is 0. The molecule has 0 saturated heterocycles. The smallest absolute Gasteiger partial charge is 0.264 e. The van der Waals surface area contributed by atoms with Crippen molar-refractivity contribution in [2.24, 2.45) is 0 Å². The van der Waals surface area contributed by atoms with Gasteiger partial charge in [-0.3, -0.25) is 4.79 Å². The van der Waals surface area contributed by atoms with Crippen LogP contribution in [-0.4, -0.2) is 37.7 Å². The second-order valence-electron chi connectivity index (χ2n) is 5.96. The molecular formula is C20H23NO4. The van der Waals surface area contributed by atoms with E-state index in [1.54, 1.807) is 19.1 Å². The summed E-state index contributed by atoms with van der Waals surface area (Å²) in [6.07, 6.45) is 0.176. The van der Waals surface area contributed by atoms with Crippen molar-refractivity contribution >= 4 is 5.91 Å². The van der Waals surface area contributed by atoms with Crippen LogP contribution in [0.3, 0.4) is 0 Å². The van der Waals surface area contributed by atoms with Crippen molar-refractivity contribution < 1.29 is 19.0 Å². The predicted molar refractivity (Wildman–Crippen MR) is 95.2 cm³/mol. The summed E-state index contributed by atoms with van der Waals surface area (Å²) in [5.74, 6) is 2.15. The Kier molecular flexibility index (Phi) is 5.12. The Morgan fingerprint density at radius 1 is 1.16 bits per heavy atom. The highest BCUT2D eigenvalue weighted by Crippen LogP contribution is 2.30. The van der Waals surface area contributed by atoms with Crippen LogP contribution in [0, 0.1) is 0 Å². The Morgan fingerprint density at radius 2 is 1.92 bits per heavy atom. The van der Waals surface area contributed by atoms with E-state index in [4.69, 9.17) is 14.2 Å². The third-order valence-electron chi connectivity index (χ3n) is 4.44. The maximum atomic E-state index is 12.9. The fourth-order valence-corrected chi connectivity index (χ4v) is 3.07. The number of ether oxygens (including phenoxy) is 3. The van der Waals surface area contributed by atoms with Crippen molar-refractivity contribution in [2.75, 3.05) is 20.8 Å². The third-order valence-corrected chi connectivity index (χ3v) is 4.44. The number of amides is 1. The minimum atomic E-state index is -0.447. The third kappa shape index (κ3) is 3.55. The molecule has 1 aliphatic heterocycles. The molecule has 25 heavy (non-hydrogen) atoms. The molecular weight excluding hydrogens is 318 g/mol. The topological polar surface area (TPSA) is 48.0 Å². The number of carbonyl (C=O) groups excluding carboxylic acids is 1. The Bertz CT molecular complexity index is 734. The number of benzene rings is 2. The molecule has 0 N–H and O–H groups in total. The first-order valence-electron chi connectivity index (χ1n) is 8.40. The molecule has 2 aromatic rings. The van der Waals surface area contributed by atoms with E-state index in [0.29, 0.717) is 31.0 Å². The van der Waals surface area contributed by atoms with Crippen molar-refractivity contribution in [1.29, 1.82) is 0 Å². The van der Waals surface area contributed by atoms with Gasteiger partial charge >= 0.3 is 0 Å². The zero-order valence-electron chi connectivity index (χ0n) is 14.8. The van der Waals surface area contributed by atoms with Gasteiger partial charge in [0.05, 0.1) is 14.2 Å². The molecule has 2 aromatic carbocycles. The molecule has 5 nitrogen and oxygen atoms in total. The Balaban J connectivity index is 1.72. The van der Waals surface area contributed by atoms with Crippen molar-refractivity contribution in [2.45, 2.75) is 26.0 Å². The molecule has 0 spiro atoms. The normalized spacial score (nSPS) is 15.2. The molecule has 0 aromatic heterocycles. The van der Waals surface area contributed by atoms with E-state index in [2.05, 4.69) is 0 Å². The quantitative estimate of drug-likeness (QED) is 0.810. The summed E-state index contributed by atoms with van der Waals surface area (Å²) in [5, 5.41) is 0. The number of carbonyl (C=O) groups is 1. The minimum Gasteiger partial charge on any atom is -0.493 e. The number of para-hydroxylation sites is 1. The summed E-state index contributed by atoms with van der Waals surface area (Å²) in [6.45, 7) is 3.09. The van der Waals surface area contributed by atoms with E-state index in [9.17, 15) is 4.79 Å². The monoisotopic (exact) mass is 341 g/mol. The van der Waals surface area contributed by atoms with Crippen molar-refractivity contribution in [1.82, 2.24) is 4.90 Å². The second-order valence-corrected chi connectivity index (χ2v) is 5.96. The van der Waals surface area contributed by atoms with Gasteiger partial charge in [-0.2, -0.15) is 0 Å². The molecule has 3 rings (SSSR count). The van der Waals surface area contributed by atoms with Gasteiger partial charge in [0.1, 0.15) is 5.75 Å². The summed E-state index contributed by atoms with van der Waals surface area (Å²) in [4.78, 5) is 14.7. The van der Waals surface area contributed by atoms with Crippen LogP contribution in [0.1, 0.15) is 18.1 Å². The van der Waals surface area contributed by atoms with E-state index < -0.39 is 6.10 Å². The highest BCUT2D eigenvalue weighted by molar-refractivity contribution is 5.82. The van der Waals surface area contributed by atoms with Crippen LogP contribution in [0.2, 0.25) is 0 Å². The zero-order valence-corrected chi connectivity index (χ0v) is 14.8. The number of likely N-dealkylation sites (N-methyl/N-ethyl adjacent to an activating group) is 1. The van der Waals surface area contributed by atoms with E-state index in [0.717, 1.165) is 16.9 Å². The van der Waals surface area contributed by atoms with Gasteiger partial charge < -0.3 is 19.1 Å². The molecule has 1 amide bonds. The Labute approximate surface area is 148 Å². The second kappa shape index (κ2) is 7.47. The lowest BCUT2D eigenvalue weighted by molar-refractivity contribution is -0.138. The lowest BCUT2D eigenvalue weighted by atomic mass is 10.1. The van der Waals surface area contributed by atoms with Crippen molar-refractivity contribution in [3.63, 3.8) is 0 Å². The highest BCUT2D eigenvalue weighted by atomic mass is 16.5. The van der Waals surface area contributed by atoms with Crippen LogP contribution >= 0.6 is 0 Å². The number of hydrogen-bond acceptors (Lipinski definition) is 4. The van der Waals surface area contributed by atoms with E-state index in [-0.39, 0.29) is 5.91 Å². The maximum absolute atomic E-state index is 12.9. The molecule has 5 heteroatoms. The number of rotatable bonds is 6. The molecule has 0 saturated carbocycles. The van der Waals surface area contributed by atoms with Gasteiger partial charge in [0.15, 0.2) is 17.6 Å². The molecule has 1 aliphatic rings. The number of nitrogens with zero attached hydrogens (tertiary/aromatic N) is 1. The zero-order chi connectivity index (χ0) is 17.8. The lowest BCUT2D eigenvalue weighted by Gasteiger charge is -2.24. The first kappa shape index (κ1) is 17.1. The van der Waals surface area contributed by atoms with Gasteiger partial charge in [0.25, 0.3) is 5.91 Å². The lowest BCUT2D eigenvalue weighted by Crippen LogP contribution is -2.40. The van der Waals surface area contributed by atoms with Crippen LogP contribution in [-0.2, 0) is 17.8 Å². The van der Waals surface area contributed by atoms with E-state index in [1.807, 2.05) is 49.4 Å². The summed E-state index contributed by atoms with van der Waals surface area (Å²) in [5.41, 5.74) is 2.08. The fourth-order valence-electron chi connectivity index (χ4n) is 3.07. The highest BCUT2D eigenvalue weighted by Gasteiger charge is 2.31. The van der Waals surface area contributed by atoms with E-state index >= 15 is 0 Å². The van der Waals surface area contributed by atoms with Crippen LogP contribution in [0.4, 0.5) is 0 Å². The predicted octanol–water partition coefficient (Wildman–Crippen LogP) is 3.06. The number of methoxy groups -OCH3 is 2. The molecule has 0 unspecified atom stereocenters. The molecule has 1 atom stereocenters. The number of fused-ring (bicyclic) bond motifs is 1.